The standard InChI is InChI=1S/C8H17N.C7H16N2.C7H15NO.C7H15N.C6H13N/c1-8(2)9-6-4-3-5-7-9;1-7(2)9-5-3-8-4-6-9;1-7(2)8-3-5-9-6-4-8;1-7(2)8-5-3-4-6-8;1-6(2)7-4-3-5-7/h8H,3-7H2,1-2H3;7-8H,3-6H2,1-2H3;7H,3-6H2,1-2H3;7H,3-6H2,1-2H3;6H,3-5H2,1-2H3. The molecular weight excluding hydrogens is 520 g/mol. The van der Waals surface area contributed by atoms with E-state index in [1.807, 2.05) is 0 Å². The van der Waals surface area contributed by atoms with Crippen LogP contribution in [0, 0.1) is 0 Å². The maximum Gasteiger partial charge on any atom is 0.0594 e. The summed E-state index contributed by atoms with van der Waals surface area (Å²) in [5, 5.41) is 3.33. The third-order valence-electron chi connectivity index (χ3n) is 9.27. The van der Waals surface area contributed by atoms with Crippen LogP contribution in [0.1, 0.15) is 108 Å². The van der Waals surface area contributed by atoms with E-state index in [0.29, 0.717) is 6.04 Å². The lowest BCUT2D eigenvalue weighted by molar-refractivity contribution is 0.0238. The number of ether oxygens (including phenoxy) is 1. The highest BCUT2D eigenvalue weighted by atomic mass is 16.5. The van der Waals surface area contributed by atoms with Crippen LogP contribution < -0.4 is 5.32 Å². The fraction of sp³-hybridized carbons (Fsp3) is 1.00. The first-order valence-electron chi connectivity index (χ1n) is 18.0. The summed E-state index contributed by atoms with van der Waals surface area (Å²) in [6.07, 6.45) is 8.52. The number of nitrogens with zero attached hydrogens (tertiary/aromatic N) is 5. The van der Waals surface area contributed by atoms with Gasteiger partial charge in [0.15, 0.2) is 0 Å². The molecular formula is C35H76N6O. The lowest BCUT2D eigenvalue weighted by Gasteiger charge is -2.34. The van der Waals surface area contributed by atoms with Gasteiger partial charge in [-0.1, -0.05) is 6.42 Å². The summed E-state index contributed by atoms with van der Waals surface area (Å²) in [5.41, 5.74) is 0. The number of morpholine rings is 1. The summed E-state index contributed by atoms with van der Waals surface area (Å²) < 4.78 is 5.21. The van der Waals surface area contributed by atoms with E-state index < -0.39 is 0 Å². The molecule has 0 spiro atoms. The highest BCUT2D eigenvalue weighted by Crippen LogP contribution is 2.11. The molecule has 252 valence electrons. The summed E-state index contributed by atoms with van der Waals surface area (Å²) >= 11 is 0. The highest BCUT2D eigenvalue weighted by Gasteiger charge is 2.16. The number of rotatable bonds is 5. The Labute approximate surface area is 264 Å². The van der Waals surface area contributed by atoms with Crippen LogP contribution in [0.2, 0.25) is 0 Å². The van der Waals surface area contributed by atoms with Crippen molar-refractivity contribution in [3.8, 4) is 0 Å². The van der Waals surface area contributed by atoms with E-state index in [1.165, 1.54) is 90.9 Å². The molecule has 0 radical (unpaired) electrons. The highest BCUT2D eigenvalue weighted by molar-refractivity contribution is 4.72. The Bertz CT molecular complexity index is 534. The van der Waals surface area contributed by atoms with Gasteiger partial charge in [-0.2, -0.15) is 0 Å². The zero-order valence-corrected chi connectivity index (χ0v) is 30.2. The van der Waals surface area contributed by atoms with Crippen LogP contribution >= 0.6 is 0 Å². The second-order valence-corrected chi connectivity index (χ2v) is 14.1. The second kappa shape index (κ2) is 24.0. The minimum Gasteiger partial charge on any atom is -0.379 e. The van der Waals surface area contributed by atoms with Gasteiger partial charge in [0.2, 0.25) is 0 Å². The van der Waals surface area contributed by atoms with Gasteiger partial charge in [-0.05, 0) is 141 Å². The van der Waals surface area contributed by atoms with Crippen LogP contribution in [0.25, 0.3) is 0 Å². The van der Waals surface area contributed by atoms with E-state index in [2.05, 4.69) is 99.1 Å². The molecule has 0 unspecified atom stereocenters. The molecule has 5 aliphatic heterocycles. The number of nitrogens with one attached hydrogen (secondary N) is 1. The Morgan fingerprint density at radius 1 is 0.357 bits per heavy atom. The molecule has 0 atom stereocenters. The van der Waals surface area contributed by atoms with Crippen molar-refractivity contribution in [3.05, 3.63) is 0 Å². The van der Waals surface area contributed by atoms with Crippen molar-refractivity contribution in [2.24, 2.45) is 0 Å². The zero-order valence-electron chi connectivity index (χ0n) is 30.2. The Hall–Kier alpha value is -0.280. The monoisotopic (exact) mass is 597 g/mol. The maximum absolute atomic E-state index is 5.21. The van der Waals surface area contributed by atoms with Gasteiger partial charge >= 0.3 is 0 Å². The molecule has 7 nitrogen and oxygen atoms in total. The first-order valence-corrected chi connectivity index (χ1v) is 18.0. The van der Waals surface area contributed by atoms with Gasteiger partial charge in [0.25, 0.3) is 0 Å². The summed E-state index contributed by atoms with van der Waals surface area (Å²) in [4.78, 5) is 12.5. The molecule has 7 heteroatoms. The molecule has 0 saturated carbocycles. The summed E-state index contributed by atoms with van der Waals surface area (Å²) in [6.45, 7) is 39.4. The maximum atomic E-state index is 5.21. The molecule has 5 heterocycles. The van der Waals surface area contributed by atoms with Crippen molar-refractivity contribution in [2.75, 3.05) is 91.8 Å². The van der Waals surface area contributed by atoms with Crippen LogP contribution in [0.15, 0.2) is 0 Å². The average Bonchev–Trinajstić information content (AvgIpc) is 3.51. The molecule has 5 saturated heterocycles. The minimum absolute atomic E-state index is 0.689. The van der Waals surface area contributed by atoms with Crippen molar-refractivity contribution in [1.29, 1.82) is 0 Å². The van der Waals surface area contributed by atoms with Crippen LogP contribution in [-0.2, 0) is 4.74 Å². The molecule has 0 aromatic heterocycles. The summed E-state index contributed by atoms with van der Waals surface area (Å²) in [7, 11) is 0. The number of hydrogen-bond donors (Lipinski definition) is 1. The van der Waals surface area contributed by atoms with Crippen molar-refractivity contribution < 1.29 is 4.74 Å². The van der Waals surface area contributed by atoms with Crippen molar-refractivity contribution in [3.63, 3.8) is 0 Å². The number of hydrogen-bond acceptors (Lipinski definition) is 7. The van der Waals surface area contributed by atoms with Crippen molar-refractivity contribution >= 4 is 0 Å². The first-order chi connectivity index (χ1) is 20.0. The topological polar surface area (TPSA) is 37.5 Å². The van der Waals surface area contributed by atoms with E-state index in [4.69, 9.17) is 4.74 Å². The molecule has 5 rings (SSSR count). The fourth-order valence-corrected chi connectivity index (χ4v) is 5.84. The third-order valence-corrected chi connectivity index (χ3v) is 9.27. The van der Waals surface area contributed by atoms with E-state index in [-0.39, 0.29) is 0 Å². The Kier molecular flexibility index (Phi) is 22.7. The predicted molar refractivity (Wildman–Crippen MR) is 185 cm³/mol. The lowest BCUT2D eigenvalue weighted by Crippen LogP contribution is -2.46. The quantitative estimate of drug-likeness (QED) is 0.449. The molecule has 5 aliphatic rings. The normalized spacial score (nSPS) is 22.9. The molecule has 0 aliphatic carbocycles. The predicted octanol–water partition coefficient (Wildman–Crippen LogP) is 5.50. The van der Waals surface area contributed by atoms with Crippen LogP contribution in [0.5, 0.6) is 0 Å². The number of piperidine rings is 1. The Morgan fingerprint density at radius 3 is 0.881 bits per heavy atom. The van der Waals surface area contributed by atoms with Crippen molar-refractivity contribution in [2.45, 2.75) is 138 Å². The van der Waals surface area contributed by atoms with Crippen LogP contribution in [-0.4, -0.2) is 146 Å². The fourth-order valence-electron chi connectivity index (χ4n) is 5.84. The number of piperazine rings is 1. The van der Waals surface area contributed by atoms with E-state index in [0.717, 1.165) is 63.6 Å². The molecule has 0 amide bonds. The van der Waals surface area contributed by atoms with E-state index >= 15 is 0 Å². The van der Waals surface area contributed by atoms with Gasteiger partial charge in [-0.15, -0.1) is 0 Å². The summed E-state index contributed by atoms with van der Waals surface area (Å²) in [5.74, 6) is 0. The average molecular weight is 597 g/mol. The van der Waals surface area contributed by atoms with Crippen molar-refractivity contribution in [1.82, 2.24) is 29.8 Å². The Balaban J connectivity index is 0.000000263. The SMILES string of the molecule is CC(C)N1CCC1.CC(C)N1CCCC1.CC(C)N1CCCCC1.CC(C)N1CCNCC1.CC(C)N1CCOCC1. The van der Waals surface area contributed by atoms with Crippen LogP contribution in [0.4, 0.5) is 0 Å². The van der Waals surface area contributed by atoms with Gasteiger partial charge in [-0.25, -0.2) is 0 Å². The zero-order chi connectivity index (χ0) is 31.3. The lowest BCUT2D eigenvalue weighted by atomic mass is 10.1. The van der Waals surface area contributed by atoms with Gasteiger partial charge in [0, 0.05) is 69.5 Å². The minimum atomic E-state index is 0.689. The molecule has 0 aromatic rings. The number of likely N-dealkylation sites (tertiary alicyclic amines) is 3. The van der Waals surface area contributed by atoms with Gasteiger partial charge < -0.3 is 24.8 Å². The second-order valence-electron chi connectivity index (χ2n) is 14.1. The Morgan fingerprint density at radius 2 is 0.643 bits per heavy atom. The third kappa shape index (κ3) is 18.5. The van der Waals surface area contributed by atoms with E-state index in [9.17, 15) is 0 Å². The van der Waals surface area contributed by atoms with Gasteiger partial charge in [-0.3, -0.25) is 9.80 Å². The molecule has 42 heavy (non-hydrogen) atoms. The van der Waals surface area contributed by atoms with Crippen LogP contribution in [0.3, 0.4) is 0 Å². The first kappa shape index (κ1) is 39.7. The smallest absolute Gasteiger partial charge is 0.0594 e. The van der Waals surface area contributed by atoms with E-state index in [1.54, 1.807) is 0 Å². The van der Waals surface area contributed by atoms with Gasteiger partial charge in [0.05, 0.1) is 13.2 Å². The molecule has 5 fully saturated rings. The molecule has 0 bridgehead atoms. The van der Waals surface area contributed by atoms with Gasteiger partial charge in [0.1, 0.15) is 0 Å². The molecule has 0 aromatic carbocycles. The summed E-state index contributed by atoms with van der Waals surface area (Å²) in [6, 6.07) is 3.75. The largest absolute Gasteiger partial charge is 0.379 e. The molecule has 1 N–H and O–H groups in total.